The average molecular weight is 436 g/mol. The van der Waals surface area contributed by atoms with E-state index < -0.39 is 5.91 Å². The minimum absolute atomic E-state index is 0.191. The minimum atomic E-state index is -0.619. The molecule has 7 heteroatoms. The fourth-order valence-corrected chi connectivity index (χ4v) is 4.16. The second-order valence-corrected chi connectivity index (χ2v) is 8.24. The summed E-state index contributed by atoms with van der Waals surface area (Å²) < 4.78 is 7.72. The molecule has 2 heterocycles. The third-order valence-corrected chi connectivity index (χ3v) is 5.46. The molecule has 1 amide bonds. The van der Waals surface area contributed by atoms with Gasteiger partial charge in [-0.15, -0.1) is 0 Å². The molecule has 158 valence electrons. The predicted molar refractivity (Wildman–Crippen MR) is 123 cm³/mol. The molecule has 0 unspecified atom stereocenters. The first-order valence-electron chi connectivity index (χ1n) is 9.73. The van der Waals surface area contributed by atoms with Gasteiger partial charge in [-0.05, 0) is 73.4 Å². The van der Waals surface area contributed by atoms with Gasteiger partial charge in [0.25, 0.3) is 11.5 Å². The zero-order valence-electron chi connectivity index (χ0n) is 17.7. The quantitative estimate of drug-likeness (QED) is 0.472. The maximum Gasteiger partial charge on any atom is 0.274 e. The number of H-pyrrole nitrogens is 1. The monoisotopic (exact) mass is 435 g/mol. The lowest BCUT2D eigenvalue weighted by Crippen LogP contribution is -2.17. The first-order valence-corrected chi connectivity index (χ1v) is 10.1. The first-order chi connectivity index (χ1) is 14.6. The van der Waals surface area contributed by atoms with Gasteiger partial charge < -0.3 is 20.0 Å². The summed E-state index contributed by atoms with van der Waals surface area (Å²) in [6.07, 6.45) is 1.75. The van der Waals surface area contributed by atoms with E-state index >= 15 is 0 Å². The number of hydrogen-bond donors (Lipinski definition) is 2. The lowest BCUT2D eigenvalue weighted by Gasteiger charge is -2.15. The van der Waals surface area contributed by atoms with E-state index in [1.54, 1.807) is 19.3 Å². The highest BCUT2D eigenvalue weighted by Crippen LogP contribution is 2.35. The van der Waals surface area contributed by atoms with Crippen LogP contribution in [0.2, 0.25) is 5.02 Å². The van der Waals surface area contributed by atoms with E-state index in [0.717, 1.165) is 33.6 Å². The Morgan fingerprint density at radius 2 is 1.74 bits per heavy atom. The lowest BCUT2D eigenvalue weighted by atomic mass is 10.0. The summed E-state index contributed by atoms with van der Waals surface area (Å²) in [6, 6.07) is 11.2. The number of carbonyl (C=O) groups excluding carboxylic acids is 1. The van der Waals surface area contributed by atoms with Gasteiger partial charge in [-0.25, -0.2) is 0 Å². The van der Waals surface area contributed by atoms with Gasteiger partial charge in [0, 0.05) is 29.2 Å². The number of aromatic amines is 1. The molecule has 3 N–H and O–H groups in total. The molecular weight excluding hydrogens is 414 g/mol. The largest absolute Gasteiger partial charge is 0.457 e. The molecule has 0 fully saturated rings. The van der Waals surface area contributed by atoms with Crippen molar-refractivity contribution < 1.29 is 9.53 Å². The highest BCUT2D eigenvalue weighted by Gasteiger charge is 2.16. The fourth-order valence-electron chi connectivity index (χ4n) is 3.84. The van der Waals surface area contributed by atoms with Crippen LogP contribution in [0.5, 0.6) is 11.5 Å². The molecule has 0 aliphatic heterocycles. The Morgan fingerprint density at radius 3 is 2.39 bits per heavy atom. The summed E-state index contributed by atoms with van der Waals surface area (Å²) in [5.41, 5.74) is 10.2. The molecule has 0 radical (unpaired) electrons. The Balaban J connectivity index is 1.88. The van der Waals surface area contributed by atoms with Crippen molar-refractivity contribution in [2.24, 2.45) is 12.8 Å². The van der Waals surface area contributed by atoms with E-state index in [2.05, 4.69) is 4.98 Å². The van der Waals surface area contributed by atoms with Crippen molar-refractivity contribution in [2.45, 2.75) is 20.8 Å². The molecule has 6 nitrogen and oxygen atoms in total. The number of nitrogens with two attached hydrogens (primary N) is 1. The second-order valence-electron chi connectivity index (χ2n) is 7.80. The number of halogens is 1. The van der Waals surface area contributed by atoms with Gasteiger partial charge in [-0.2, -0.15) is 0 Å². The van der Waals surface area contributed by atoms with E-state index in [-0.39, 0.29) is 11.3 Å². The van der Waals surface area contributed by atoms with Gasteiger partial charge in [0.1, 0.15) is 22.7 Å². The minimum Gasteiger partial charge on any atom is -0.457 e. The molecule has 31 heavy (non-hydrogen) atoms. The van der Waals surface area contributed by atoms with Gasteiger partial charge in [0.05, 0.1) is 0 Å². The van der Waals surface area contributed by atoms with Crippen molar-refractivity contribution in [3.63, 3.8) is 0 Å². The van der Waals surface area contributed by atoms with Crippen LogP contribution in [0.1, 0.15) is 27.2 Å². The van der Waals surface area contributed by atoms with Gasteiger partial charge in [0.2, 0.25) is 0 Å². The molecule has 0 aliphatic carbocycles. The number of carbonyl (C=O) groups is 1. The number of rotatable bonds is 4. The van der Waals surface area contributed by atoms with Crippen molar-refractivity contribution in [1.82, 2.24) is 9.55 Å². The molecule has 0 atom stereocenters. The number of nitrogens with one attached hydrogen (secondary N) is 1. The third-order valence-electron chi connectivity index (χ3n) is 5.24. The van der Waals surface area contributed by atoms with Gasteiger partial charge in [-0.1, -0.05) is 17.7 Å². The maximum absolute atomic E-state index is 12.6. The predicted octanol–water partition coefficient (Wildman–Crippen LogP) is 5.00. The van der Waals surface area contributed by atoms with Crippen molar-refractivity contribution >= 4 is 28.4 Å². The Morgan fingerprint density at radius 1 is 1.06 bits per heavy atom. The molecule has 0 saturated carbocycles. The molecule has 2 aromatic heterocycles. The Hall–Kier alpha value is -3.51. The number of fused-ring (bicyclic) bond motifs is 1. The number of primary amides is 1. The number of aryl methyl sites for hydroxylation is 4. The Bertz CT molecular complexity index is 1390. The summed E-state index contributed by atoms with van der Waals surface area (Å²) in [5.74, 6) is 0.798. The molecule has 0 spiro atoms. The van der Waals surface area contributed by atoms with E-state index in [1.807, 2.05) is 51.1 Å². The van der Waals surface area contributed by atoms with Crippen LogP contribution in [0.4, 0.5) is 0 Å². The van der Waals surface area contributed by atoms with Gasteiger partial charge >= 0.3 is 0 Å². The number of amides is 1. The van der Waals surface area contributed by atoms with E-state index in [0.29, 0.717) is 21.7 Å². The van der Waals surface area contributed by atoms with Crippen LogP contribution < -0.4 is 16.0 Å². The van der Waals surface area contributed by atoms with Crippen LogP contribution >= 0.6 is 11.6 Å². The number of benzene rings is 2. The molecule has 0 bridgehead atoms. The van der Waals surface area contributed by atoms with Crippen LogP contribution in [0.15, 0.2) is 47.4 Å². The molecule has 4 rings (SSSR count). The number of ether oxygens (including phenoxy) is 1. The second kappa shape index (κ2) is 7.63. The number of pyridine rings is 1. The van der Waals surface area contributed by atoms with Crippen LogP contribution in [0, 0.1) is 20.8 Å². The van der Waals surface area contributed by atoms with Gasteiger partial charge in [0.15, 0.2) is 0 Å². The standard InChI is InChI=1S/C24H22ClN3O3/c1-12-5-15(9-17(6-12)31-22-13(2)7-16(25)8-14(22)3)19-11-28(4)24(30)21-18(19)10-20(27-21)23(26)29/h5-11,27H,1-4H3,(H2,26,29). The van der Waals surface area contributed by atoms with Crippen molar-refractivity contribution in [1.29, 1.82) is 0 Å². The van der Waals surface area contributed by atoms with Crippen LogP contribution in [-0.2, 0) is 7.05 Å². The Labute approximate surface area is 184 Å². The third kappa shape index (κ3) is 3.82. The Kier molecular flexibility index (Phi) is 5.11. The van der Waals surface area contributed by atoms with Crippen molar-refractivity contribution in [3.05, 3.63) is 80.4 Å². The summed E-state index contributed by atoms with van der Waals surface area (Å²) in [6.45, 7) is 5.88. The molecule has 0 saturated heterocycles. The summed E-state index contributed by atoms with van der Waals surface area (Å²) >= 11 is 6.14. The van der Waals surface area contributed by atoms with E-state index in [4.69, 9.17) is 22.1 Å². The van der Waals surface area contributed by atoms with Gasteiger partial charge in [-0.3, -0.25) is 9.59 Å². The van der Waals surface area contributed by atoms with Crippen LogP contribution in [-0.4, -0.2) is 15.5 Å². The first kappa shape index (κ1) is 20.8. The summed E-state index contributed by atoms with van der Waals surface area (Å²) in [7, 11) is 1.67. The lowest BCUT2D eigenvalue weighted by molar-refractivity contribution is 0.0996. The van der Waals surface area contributed by atoms with E-state index in [9.17, 15) is 9.59 Å². The highest BCUT2D eigenvalue weighted by molar-refractivity contribution is 6.30. The van der Waals surface area contributed by atoms with Crippen molar-refractivity contribution in [2.75, 3.05) is 0 Å². The zero-order valence-corrected chi connectivity index (χ0v) is 18.4. The van der Waals surface area contributed by atoms with Crippen LogP contribution in [0.3, 0.4) is 0 Å². The highest BCUT2D eigenvalue weighted by atomic mass is 35.5. The summed E-state index contributed by atoms with van der Waals surface area (Å²) in [4.78, 5) is 27.1. The number of aromatic nitrogens is 2. The normalized spacial score (nSPS) is 11.1. The topological polar surface area (TPSA) is 90.1 Å². The SMILES string of the molecule is Cc1cc(Oc2c(C)cc(Cl)cc2C)cc(-c2cn(C)c(=O)c3[nH]c(C(N)=O)cc23)c1. The number of hydrogen-bond acceptors (Lipinski definition) is 3. The van der Waals surface area contributed by atoms with E-state index in [1.165, 1.54) is 4.57 Å². The molecule has 2 aromatic carbocycles. The molecule has 4 aromatic rings. The fraction of sp³-hybridized carbons (Fsp3) is 0.167. The average Bonchev–Trinajstić information content (AvgIpc) is 3.13. The van der Waals surface area contributed by atoms with Crippen LogP contribution in [0.25, 0.3) is 22.0 Å². The van der Waals surface area contributed by atoms with Crippen molar-refractivity contribution in [3.8, 4) is 22.6 Å². The number of nitrogens with zero attached hydrogens (tertiary/aromatic N) is 1. The maximum atomic E-state index is 12.6. The summed E-state index contributed by atoms with van der Waals surface area (Å²) in [5, 5.41) is 1.30. The molecular formula is C24H22ClN3O3. The molecule has 0 aliphatic rings. The smallest absolute Gasteiger partial charge is 0.274 e. The zero-order chi connectivity index (χ0) is 22.4.